The minimum Gasteiger partial charge on any atom is -0.508 e. The number of H-pyrrole nitrogens is 2. The Morgan fingerprint density at radius 1 is 1.15 bits per heavy atom. The van der Waals surface area contributed by atoms with Crippen LogP contribution in [-0.2, 0) is 6.42 Å². The number of pyridine rings is 1. The number of anilines is 1. The van der Waals surface area contributed by atoms with Crippen molar-refractivity contribution in [3.63, 3.8) is 0 Å². The van der Waals surface area contributed by atoms with E-state index in [1.165, 1.54) is 0 Å². The fourth-order valence-corrected chi connectivity index (χ4v) is 4.43. The Morgan fingerprint density at radius 3 is 2.76 bits per heavy atom. The van der Waals surface area contributed by atoms with E-state index in [1.54, 1.807) is 24.5 Å². The number of carbonyl (C=O) groups excluding carboxylic acids is 1. The van der Waals surface area contributed by atoms with Crippen LogP contribution in [0, 0.1) is 5.92 Å². The lowest BCUT2D eigenvalue weighted by molar-refractivity contribution is 0.0911. The largest absolute Gasteiger partial charge is 0.508 e. The number of nitrogen functional groups attached to an aromatic ring is 1. The lowest BCUT2D eigenvalue weighted by Crippen LogP contribution is -2.15. The number of aromatic nitrogens is 4. The molecule has 7 nitrogen and oxygen atoms in total. The molecule has 0 fully saturated rings. The zero-order valence-corrected chi connectivity index (χ0v) is 18.3. The van der Waals surface area contributed by atoms with Gasteiger partial charge in [0.05, 0.1) is 23.4 Å². The molecule has 5 aromatic rings. The van der Waals surface area contributed by atoms with Gasteiger partial charge in [0.15, 0.2) is 5.78 Å². The SMILES string of the molecule is CC[C@@H](CCc1ccc(O)cc1)C(=O)c1cc(-c2c[nH]c3cnc(N)cc23)cc2cn[nH]c12. The Hall–Kier alpha value is -4.13. The molecule has 0 aliphatic rings. The predicted octanol–water partition coefficient (Wildman–Crippen LogP) is 5.24. The maximum absolute atomic E-state index is 13.7. The van der Waals surface area contributed by atoms with E-state index in [4.69, 9.17) is 5.73 Å². The average Bonchev–Trinajstić information content (AvgIpc) is 3.46. The number of hydrogen-bond acceptors (Lipinski definition) is 5. The minimum absolute atomic E-state index is 0.105. The van der Waals surface area contributed by atoms with Crippen LogP contribution in [0.3, 0.4) is 0 Å². The Bertz CT molecular complexity index is 1450. The number of carbonyl (C=O) groups is 1. The number of nitrogens with zero attached hydrogens (tertiary/aromatic N) is 2. The third-order valence-electron chi connectivity index (χ3n) is 6.29. The van der Waals surface area contributed by atoms with Crippen molar-refractivity contribution in [2.45, 2.75) is 26.2 Å². The van der Waals surface area contributed by atoms with Gasteiger partial charge in [-0.2, -0.15) is 5.10 Å². The number of ketones is 1. The number of benzene rings is 2. The number of nitrogens with two attached hydrogens (primary N) is 1. The van der Waals surface area contributed by atoms with Gasteiger partial charge in [0.1, 0.15) is 11.6 Å². The van der Waals surface area contributed by atoms with Crippen LogP contribution in [0.1, 0.15) is 35.7 Å². The van der Waals surface area contributed by atoms with Crippen molar-refractivity contribution in [3.8, 4) is 16.9 Å². The summed E-state index contributed by atoms with van der Waals surface area (Å²) in [4.78, 5) is 21.1. The topological polar surface area (TPSA) is 121 Å². The molecule has 5 rings (SSSR count). The van der Waals surface area contributed by atoms with Gasteiger partial charge in [-0.3, -0.25) is 9.89 Å². The summed E-state index contributed by atoms with van der Waals surface area (Å²) in [6.45, 7) is 2.04. The highest BCUT2D eigenvalue weighted by atomic mass is 16.3. The Kier molecular flexibility index (Phi) is 5.30. The summed E-state index contributed by atoms with van der Waals surface area (Å²) >= 11 is 0. The minimum atomic E-state index is -0.122. The summed E-state index contributed by atoms with van der Waals surface area (Å²) < 4.78 is 0. The molecule has 0 spiro atoms. The molecule has 0 saturated heterocycles. The van der Waals surface area contributed by atoms with Crippen molar-refractivity contribution in [2.24, 2.45) is 5.92 Å². The predicted molar refractivity (Wildman–Crippen MR) is 130 cm³/mol. The van der Waals surface area contributed by atoms with Gasteiger partial charge in [0, 0.05) is 34.0 Å². The molecule has 166 valence electrons. The number of phenolic OH excluding ortho intramolecular Hbond substituents is 1. The molecule has 0 unspecified atom stereocenters. The first-order chi connectivity index (χ1) is 16.0. The van der Waals surface area contributed by atoms with E-state index in [0.717, 1.165) is 57.8 Å². The van der Waals surface area contributed by atoms with Gasteiger partial charge in [-0.05, 0) is 60.7 Å². The Balaban J connectivity index is 1.51. The van der Waals surface area contributed by atoms with E-state index in [2.05, 4.69) is 20.2 Å². The third-order valence-corrected chi connectivity index (χ3v) is 6.29. The summed E-state index contributed by atoms with van der Waals surface area (Å²) in [5.74, 6) is 0.677. The fraction of sp³-hybridized carbons (Fsp3) is 0.192. The van der Waals surface area contributed by atoms with E-state index in [0.29, 0.717) is 11.4 Å². The van der Waals surface area contributed by atoms with Gasteiger partial charge < -0.3 is 15.8 Å². The maximum Gasteiger partial charge on any atom is 0.168 e. The highest BCUT2D eigenvalue weighted by molar-refractivity contribution is 6.10. The van der Waals surface area contributed by atoms with Crippen LogP contribution in [-0.4, -0.2) is 31.1 Å². The molecule has 7 heteroatoms. The van der Waals surface area contributed by atoms with Crippen molar-refractivity contribution in [3.05, 3.63) is 72.2 Å². The van der Waals surface area contributed by atoms with Gasteiger partial charge >= 0.3 is 0 Å². The number of aromatic hydroxyl groups is 1. The van der Waals surface area contributed by atoms with Crippen molar-refractivity contribution >= 4 is 33.4 Å². The van der Waals surface area contributed by atoms with Gasteiger partial charge in [0.2, 0.25) is 0 Å². The highest BCUT2D eigenvalue weighted by Gasteiger charge is 2.23. The number of hydrogen-bond donors (Lipinski definition) is 4. The molecular formula is C26H25N5O2. The number of nitrogens with one attached hydrogen (secondary N) is 2. The number of Topliss-reactive ketones (excluding diaryl/α,β-unsaturated/α-hetero) is 1. The number of rotatable bonds is 7. The molecule has 5 N–H and O–H groups in total. The van der Waals surface area contributed by atoms with Crippen LogP contribution in [0.15, 0.2) is 61.1 Å². The molecule has 0 saturated carbocycles. The second-order valence-electron chi connectivity index (χ2n) is 8.39. The van der Waals surface area contributed by atoms with Crippen LogP contribution in [0.5, 0.6) is 5.75 Å². The van der Waals surface area contributed by atoms with Gasteiger partial charge in [-0.25, -0.2) is 4.98 Å². The van der Waals surface area contributed by atoms with Crippen LogP contribution < -0.4 is 5.73 Å². The van der Waals surface area contributed by atoms with Crippen molar-refractivity contribution < 1.29 is 9.90 Å². The molecule has 3 heterocycles. The lowest BCUT2D eigenvalue weighted by Gasteiger charge is -2.15. The number of phenols is 1. The van der Waals surface area contributed by atoms with Crippen molar-refractivity contribution in [1.82, 2.24) is 20.2 Å². The maximum atomic E-state index is 13.7. The molecule has 0 bridgehead atoms. The van der Waals surface area contributed by atoms with E-state index < -0.39 is 0 Å². The van der Waals surface area contributed by atoms with Crippen LogP contribution in [0.4, 0.5) is 5.82 Å². The lowest BCUT2D eigenvalue weighted by atomic mass is 9.87. The molecule has 33 heavy (non-hydrogen) atoms. The van der Waals surface area contributed by atoms with E-state index in [-0.39, 0.29) is 17.5 Å². The second kappa shape index (κ2) is 8.43. The average molecular weight is 440 g/mol. The standard InChI is InChI=1S/C26H25N5O2/c1-2-16(6-3-15-4-7-19(32)8-5-15)26(33)21-10-17(9-18-12-30-31-25(18)21)22-13-28-23-14-29-24(27)11-20(22)23/h4-5,7-14,16,28,32H,2-3,6H2,1H3,(H2,27,29)(H,30,31)/t16-/m0/s1. The number of fused-ring (bicyclic) bond motifs is 2. The van der Waals surface area contributed by atoms with Gasteiger partial charge in [-0.1, -0.05) is 19.1 Å². The van der Waals surface area contributed by atoms with Crippen molar-refractivity contribution in [1.29, 1.82) is 0 Å². The first-order valence-corrected chi connectivity index (χ1v) is 11.1. The first kappa shape index (κ1) is 20.8. The fourth-order valence-electron chi connectivity index (χ4n) is 4.43. The normalized spacial score (nSPS) is 12.4. The highest BCUT2D eigenvalue weighted by Crippen LogP contribution is 2.34. The Labute approximate surface area is 190 Å². The molecule has 1 atom stereocenters. The summed E-state index contributed by atoms with van der Waals surface area (Å²) in [6.07, 6.45) is 7.63. The number of aryl methyl sites for hydroxylation is 1. The number of aromatic amines is 2. The van der Waals surface area contributed by atoms with E-state index in [1.807, 2.05) is 43.5 Å². The van der Waals surface area contributed by atoms with E-state index >= 15 is 0 Å². The molecule has 0 radical (unpaired) electrons. The van der Waals surface area contributed by atoms with Crippen LogP contribution in [0.2, 0.25) is 0 Å². The smallest absolute Gasteiger partial charge is 0.168 e. The summed E-state index contributed by atoms with van der Waals surface area (Å²) in [7, 11) is 0. The second-order valence-corrected chi connectivity index (χ2v) is 8.39. The van der Waals surface area contributed by atoms with E-state index in [9.17, 15) is 9.90 Å². The Morgan fingerprint density at radius 2 is 1.97 bits per heavy atom. The first-order valence-electron chi connectivity index (χ1n) is 11.1. The van der Waals surface area contributed by atoms with Gasteiger partial charge in [-0.15, -0.1) is 0 Å². The zero-order chi connectivity index (χ0) is 22.9. The molecule has 3 aromatic heterocycles. The summed E-state index contributed by atoms with van der Waals surface area (Å²) in [5, 5.41) is 18.6. The third kappa shape index (κ3) is 3.93. The quantitative estimate of drug-likeness (QED) is 0.259. The zero-order valence-electron chi connectivity index (χ0n) is 18.3. The molecule has 0 aliphatic carbocycles. The molecule has 2 aromatic carbocycles. The molecule has 0 amide bonds. The monoisotopic (exact) mass is 439 g/mol. The summed E-state index contributed by atoms with van der Waals surface area (Å²) in [5.41, 5.74) is 11.2. The molecule has 0 aliphatic heterocycles. The summed E-state index contributed by atoms with van der Waals surface area (Å²) in [6, 6.07) is 13.0. The van der Waals surface area contributed by atoms with Crippen LogP contribution >= 0.6 is 0 Å². The molecular weight excluding hydrogens is 414 g/mol. The van der Waals surface area contributed by atoms with Gasteiger partial charge in [0.25, 0.3) is 0 Å². The van der Waals surface area contributed by atoms with Crippen LogP contribution in [0.25, 0.3) is 32.9 Å². The van der Waals surface area contributed by atoms with Crippen molar-refractivity contribution in [2.75, 3.05) is 5.73 Å².